The van der Waals surface area contributed by atoms with E-state index in [2.05, 4.69) is 0 Å². The highest BCUT2D eigenvalue weighted by molar-refractivity contribution is 5.73. The third-order valence-corrected chi connectivity index (χ3v) is 5.43. The average molecular weight is 473 g/mol. The molecule has 11 N–H and O–H groups in total. The molecule has 15 heteroatoms. The number of aliphatic hydroxyl groups is 8. The molecule has 0 amide bonds. The van der Waals surface area contributed by atoms with Crippen molar-refractivity contribution in [1.82, 2.24) is 0 Å². The molecule has 0 spiro atoms. The Kier molecular flexibility index (Phi) is 9.68. The lowest BCUT2D eigenvalue weighted by atomic mass is 9.96. The summed E-state index contributed by atoms with van der Waals surface area (Å²) in [5.74, 6) is -1.66. The Hall–Kier alpha value is -1.05. The van der Waals surface area contributed by atoms with Gasteiger partial charge in [0, 0.05) is 0 Å². The van der Waals surface area contributed by atoms with Gasteiger partial charge in [-0.25, -0.2) is 4.79 Å². The summed E-state index contributed by atoms with van der Waals surface area (Å²) in [6, 6.07) is -1.21. The van der Waals surface area contributed by atoms with Gasteiger partial charge in [0.05, 0.1) is 31.5 Å². The molecule has 2 aliphatic heterocycles. The minimum atomic E-state index is -1.98. The molecule has 188 valence electrons. The fourth-order valence-electron chi connectivity index (χ4n) is 3.40. The van der Waals surface area contributed by atoms with Crippen LogP contribution in [0.4, 0.5) is 0 Å². The number of rotatable bonds is 9. The van der Waals surface area contributed by atoms with Gasteiger partial charge in [0.25, 0.3) is 0 Å². The number of carboxylic acids is 1. The molecule has 0 aromatic carbocycles. The van der Waals surface area contributed by atoms with Gasteiger partial charge in [0.2, 0.25) is 0 Å². The highest BCUT2D eigenvalue weighted by atomic mass is 16.7. The number of aliphatic carboxylic acids is 1. The second kappa shape index (κ2) is 11.4. The van der Waals surface area contributed by atoms with Crippen molar-refractivity contribution in [3.05, 3.63) is 0 Å². The molecule has 13 atom stereocenters. The summed E-state index contributed by atoms with van der Waals surface area (Å²) in [6.07, 6.45) is -20.2. The SMILES string of the molecule is C[C@H]1O[C@@H](O[C@@H]2[C@H](O)[C@@H](O)[C@@H](O[C@@H](CO)[C@H](O)[C@H](O)CO)O[C@@H]2C(=O)O)[C@H](O)[C@@H](N)[C@@H]1O. The first-order valence-electron chi connectivity index (χ1n) is 9.84. The van der Waals surface area contributed by atoms with Crippen molar-refractivity contribution < 1.29 is 69.7 Å². The minimum absolute atomic E-state index is 0.885. The van der Waals surface area contributed by atoms with E-state index < -0.39 is 98.8 Å². The fraction of sp³-hybridized carbons (Fsp3) is 0.941. The largest absolute Gasteiger partial charge is 0.479 e. The van der Waals surface area contributed by atoms with Crippen LogP contribution in [-0.2, 0) is 23.7 Å². The minimum Gasteiger partial charge on any atom is -0.479 e. The van der Waals surface area contributed by atoms with Crippen LogP contribution in [0.5, 0.6) is 0 Å². The third kappa shape index (κ3) is 5.71. The van der Waals surface area contributed by atoms with Crippen LogP contribution in [0.2, 0.25) is 0 Å². The van der Waals surface area contributed by atoms with Crippen molar-refractivity contribution in [2.24, 2.45) is 5.73 Å². The molecule has 0 saturated carbocycles. The molecule has 0 aromatic heterocycles. The zero-order valence-electron chi connectivity index (χ0n) is 17.1. The summed E-state index contributed by atoms with van der Waals surface area (Å²) in [6.45, 7) is -0.377. The summed E-state index contributed by atoms with van der Waals surface area (Å²) in [4.78, 5) is 11.7. The van der Waals surface area contributed by atoms with E-state index in [0.29, 0.717) is 0 Å². The van der Waals surface area contributed by atoms with Gasteiger partial charge in [-0.05, 0) is 6.92 Å². The van der Waals surface area contributed by atoms with Crippen LogP contribution in [0.25, 0.3) is 0 Å². The topological polar surface area (TPSA) is 262 Å². The maximum atomic E-state index is 11.7. The molecule has 15 nitrogen and oxygen atoms in total. The molecule has 2 saturated heterocycles. The second-order valence-electron chi connectivity index (χ2n) is 7.71. The van der Waals surface area contributed by atoms with E-state index >= 15 is 0 Å². The lowest BCUT2D eigenvalue weighted by Crippen LogP contribution is -2.66. The van der Waals surface area contributed by atoms with E-state index in [1.165, 1.54) is 6.92 Å². The van der Waals surface area contributed by atoms with Crippen molar-refractivity contribution in [2.75, 3.05) is 13.2 Å². The molecular formula is C17H31NO14. The van der Waals surface area contributed by atoms with E-state index in [1.807, 2.05) is 0 Å². The van der Waals surface area contributed by atoms with Gasteiger partial charge >= 0.3 is 5.97 Å². The number of carboxylic acid groups (broad SMARTS) is 1. The molecule has 0 aliphatic carbocycles. The first-order chi connectivity index (χ1) is 14.9. The number of nitrogens with two attached hydrogens (primary N) is 1. The summed E-state index contributed by atoms with van der Waals surface area (Å²) < 4.78 is 20.9. The molecule has 2 rings (SSSR count). The molecule has 0 bridgehead atoms. The molecule has 0 aromatic rings. The summed E-state index contributed by atoms with van der Waals surface area (Å²) in [5.41, 5.74) is 5.70. The highest BCUT2D eigenvalue weighted by Gasteiger charge is 2.53. The number of hydrogen-bond acceptors (Lipinski definition) is 14. The van der Waals surface area contributed by atoms with Crippen molar-refractivity contribution >= 4 is 5.97 Å². The van der Waals surface area contributed by atoms with E-state index in [0.717, 1.165) is 0 Å². The van der Waals surface area contributed by atoms with Crippen LogP contribution in [-0.4, -0.2) is 145 Å². The Balaban J connectivity index is 2.17. The molecule has 0 unspecified atom stereocenters. The predicted molar refractivity (Wildman–Crippen MR) is 98.6 cm³/mol. The van der Waals surface area contributed by atoms with Gasteiger partial charge in [-0.1, -0.05) is 0 Å². The molecule has 2 heterocycles. The smallest absolute Gasteiger partial charge is 0.335 e. The van der Waals surface area contributed by atoms with Gasteiger partial charge in [-0.2, -0.15) is 0 Å². The second-order valence-corrected chi connectivity index (χ2v) is 7.71. The fourth-order valence-corrected chi connectivity index (χ4v) is 3.40. The first-order valence-corrected chi connectivity index (χ1v) is 9.84. The number of carbonyl (C=O) groups is 1. The Labute approximate surface area is 182 Å². The Morgan fingerprint density at radius 3 is 2.12 bits per heavy atom. The molecule has 2 fully saturated rings. The Bertz CT molecular complexity index is 612. The molecule has 0 radical (unpaired) electrons. The van der Waals surface area contributed by atoms with E-state index in [4.69, 9.17) is 29.8 Å². The zero-order chi connectivity index (χ0) is 24.3. The number of hydrogen-bond donors (Lipinski definition) is 10. The van der Waals surface area contributed by atoms with Crippen LogP contribution >= 0.6 is 0 Å². The normalized spacial score (nSPS) is 43.4. The Morgan fingerprint density at radius 1 is 0.969 bits per heavy atom. The van der Waals surface area contributed by atoms with Crippen LogP contribution in [0.15, 0.2) is 0 Å². The molecule has 2 aliphatic rings. The van der Waals surface area contributed by atoms with Gasteiger partial charge in [0.1, 0.15) is 42.7 Å². The maximum absolute atomic E-state index is 11.7. The first kappa shape index (κ1) is 27.2. The van der Waals surface area contributed by atoms with E-state index in [1.54, 1.807) is 0 Å². The third-order valence-electron chi connectivity index (χ3n) is 5.43. The average Bonchev–Trinajstić information content (AvgIpc) is 2.77. The maximum Gasteiger partial charge on any atom is 0.335 e. The van der Waals surface area contributed by atoms with Crippen molar-refractivity contribution in [3.63, 3.8) is 0 Å². The van der Waals surface area contributed by atoms with Crippen LogP contribution < -0.4 is 5.73 Å². The van der Waals surface area contributed by atoms with Gasteiger partial charge < -0.3 is 70.6 Å². The van der Waals surface area contributed by atoms with Crippen molar-refractivity contribution in [3.8, 4) is 0 Å². The lowest BCUT2D eigenvalue weighted by molar-refractivity contribution is -0.351. The summed E-state index contributed by atoms with van der Waals surface area (Å²) in [7, 11) is 0. The summed E-state index contributed by atoms with van der Waals surface area (Å²) >= 11 is 0. The lowest BCUT2D eigenvalue weighted by Gasteiger charge is -2.45. The van der Waals surface area contributed by atoms with E-state index in [-0.39, 0.29) is 0 Å². The van der Waals surface area contributed by atoms with Crippen LogP contribution in [0.1, 0.15) is 6.92 Å². The standard InChI is InChI=1S/C17H31NO14/c1-4-8(22)7(18)10(24)16(29-4)31-13-11(25)12(26)17(32-14(13)15(27)28)30-6(3-20)9(23)5(21)2-19/h4-14,16-17,19-26H,2-3,18H2,1H3,(H,27,28)/t4-,5-,6+,7+,8-,9-,10-,11-,12-,13-,14+,16+,17+/m1/s1. The number of ether oxygens (including phenoxy) is 4. The quantitative estimate of drug-likeness (QED) is 0.149. The monoisotopic (exact) mass is 473 g/mol. The Morgan fingerprint density at radius 2 is 1.59 bits per heavy atom. The molecule has 32 heavy (non-hydrogen) atoms. The highest BCUT2D eigenvalue weighted by Crippen LogP contribution is 2.30. The van der Waals surface area contributed by atoms with Crippen molar-refractivity contribution in [1.29, 1.82) is 0 Å². The molecular weight excluding hydrogens is 442 g/mol. The van der Waals surface area contributed by atoms with Crippen molar-refractivity contribution in [2.45, 2.75) is 86.6 Å². The zero-order valence-corrected chi connectivity index (χ0v) is 17.1. The van der Waals surface area contributed by atoms with Crippen LogP contribution in [0.3, 0.4) is 0 Å². The summed E-state index contributed by atoms with van der Waals surface area (Å²) in [5, 5.41) is 88.0. The predicted octanol–water partition coefficient (Wildman–Crippen LogP) is -6.21. The number of aliphatic hydroxyl groups excluding tert-OH is 8. The van der Waals surface area contributed by atoms with Crippen LogP contribution in [0, 0.1) is 0 Å². The van der Waals surface area contributed by atoms with Gasteiger partial charge in [0.15, 0.2) is 18.7 Å². The van der Waals surface area contributed by atoms with E-state index in [9.17, 15) is 45.6 Å². The van der Waals surface area contributed by atoms with Gasteiger partial charge in [-0.15, -0.1) is 0 Å². The van der Waals surface area contributed by atoms with Gasteiger partial charge in [-0.3, -0.25) is 0 Å².